The van der Waals surface area contributed by atoms with Gasteiger partial charge in [-0.3, -0.25) is 0 Å². The van der Waals surface area contributed by atoms with Gasteiger partial charge in [-0.05, 0) is 31.0 Å². The maximum absolute atomic E-state index is 12.9. The third kappa shape index (κ3) is 3.75. The number of carboxylic acid groups (broad SMARTS) is 1. The Bertz CT molecular complexity index is 1040. The number of carboxylic acids is 1. The summed E-state index contributed by atoms with van der Waals surface area (Å²) in [5.74, 6) is 0.0677. The van der Waals surface area contributed by atoms with Gasteiger partial charge in [0.25, 0.3) is 0 Å². The highest BCUT2D eigenvalue weighted by Crippen LogP contribution is 2.51. The summed E-state index contributed by atoms with van der Waals surface area (Å²) >= 11 is 0. The second kappa shape index (κ2) is 7.57. The first kappa shape index (κ1) is 19.5. The molecule has 1 aliphatic heterocycles. The van der Waals surface area contributed by atoms with Crippen LogP contribution >= 0.6 is 0 Å². The zero-order chi connectivity index (χ0) is 20.6. The zero-order valence-corrected chi connectivity index (χ0v) is 16.5. The van der Waals surface area contributed by atoms with E-state index in [-0.39, 0.29) is 23.0 Å². The van der Waals surface area contributed by atoms with E-state index in [1.165, 1.54) is 19.2 Å². The fourth-order valence-electron chi connectivity index (χ4n) is 4.01. The van der Waals surface area contributed by atoms with Crippen molar-refractivity contribution in [1.82, 2.24) is 4.72 Å². The molecule has 2 N–H and O–H groups in total. The number of hydrogen-bond donors (Lipinski definition) is 2. The van der Waals surface area contributed by atoms with E-state index in [2.05, 4.69) is 4.72 Å². The fourth-order valence-corrected chi connectivity index (χ4v) is 5.33. The highest BCUT2D eigenvalue weighted by atomic mass is 32.2. The molecular formula is C20H21NO7S. The molecule has 0 spiro atoms. The first-order valence-electron chi connectivity index (χ1n) is 9.19. The molecule has 1 aliphatic carbocycles. The largest absolute Gasteiger partial charge is 0.497 e. The van der Waals surface area contributed by atoms with Crippen molar-refractivity contribution in [2.75, 3.05) is 13.7 Å². The molecule has 8 nitrogen and oxygen atoms in total. The average molecular weight is 419 g/mol. The maximum Gasteiger partial charge on any atom is 0.341 e. The van der Waals surface area contributed by atoms with Gasteiger partial charge in [0.1, 0.15) is 11.9 Å². The number of para-hydroxylation sites is 1. The number of benzene rings is 2. The normalized spacial score (nSPS) is 22.4. The minimum absolute atomic E-state index is 0.137. The van der Waals surface area contributed by atoms with Crippen molar-refractivity contribution in [2.45, 2.75) is 35.8 Å². The van der Waals surface area contributed by atoms with E-state index in [4.69, 9.17) is 19.3 Å². The summed E-state index contributed by atoms with van der Waals surface area (Å²) in [5.41, 5.74) is 0.828. The van der Waals surface area contributed by atoms with Crippen molar-refractivity contribution >= 4 is 16.0 Å². The van der Waals surface area contributed by atoms with Crippen LogP contribution in [-0.2, 0) is 14.8 Å². The Morgan fingerprint density at radius 1 is 1.24 bits per heavy atom. The molecule has 1 saturated carbocycles. The molecule has 4 rings (SSSR count). The topological polar surface area (TPSA) is 111 Å². The molecule has 29 heavy (non-hydrogen) atoms. The zero-order valence-electron chi connectivity index (χ0n) is 15.7. The maximum atomic E-state index is 12.9. The SMILES string of the molecule is COc1cccc(S(=O)(=O)NC2CCC3Oc4c(OCC(=O)O)cccc4C23)c1. The van der Waals surface area contributed by atoms with Gasteiger partial charge >= 0.3 is 5.97 Å². The van der Waals surface area contributed by atoms with Gasteiger partial charge < -0.3 is 19.3 Å². The third-order valence-electron chi connectivity index (χ3n) is 5.24. The standard InChI is InChI=1S/C20H21NO7S/c1-26-12-4-2-5-13(10-12)29(24,25)21-15-8-9-16-19(15)14-6-3-7-17(20(14)28-16)27-11-18(22)23/h2-7,10,15-16,19,21H,8-9,11H2,1H3,(H,22,23). The molecule has 154 valence electrons. The Labute approximate surface area is 168 Å². The van der Waals surface area contributed by atoms with Crippen molar-refractivity contribution in [3.05, 3.63) is 48.0 Å². The van der Waals surface area contributed by atoms with Crippen molar-refractivity contribution in [1.29, 1.82) is 0 Å². The quantitative estimate of drug-likeness (QED) is 0.707. The predicted molar refractivity (Wildman–Crippen MR) is 103 cm³/mol. The summed E-state index contributed by atoms with van der Waals surface area (Å²) in [6.07, 6.45) is 1.14. The van der Waals surface area contributed by atoms with E-state index >= 15 is 0 Å². The smallest absolute Gasteiger partial charge is 0.341 e. The number of methoxy groups -OCH3 is 1. The molecule has 0 amide bonds. The summed E-state index contributed by atoms with van der Waals surface area (Å²) < 4.78 is 45.1. The molecule has 2 aromatic carbocycles. The van der Waals surface area contributed by atoms with Crippen LogP contribution in [0.1, 0.15) is 24.3 Å². The Morgan fingerprint density at radius 3 is 2.79 bits per heavy atom. The molecule has 0 radical (unpaired) electrons. The number of rotatable bonds is 7. The number of aliphatic carboxylic acids is 1. The van der Waals surface area contributed by atoms with E-state index in [1.54, 1.807) is 24.3 Å². The van der Waals surface area contributed by atoms with Crippen LogP contribution in [0, 0.1) is 0 Å². The summed E-state index contributed by atoms with van der Waals surface area (Å²) in [4.78, 5) is 10.9. The monoisotopic (exact) mass is 419 g/mol. The second-order valence-electron chi connectivity index (χ2n) is 7.02. The highest BCUT2D eigenvalue weighted by Gasteiger charge is 2.47. The first-order valence-corrected chi connectivity index (χ1v) is 10.7. The summed E-state index contributed by atoms with van der Waals surface area (Å²) in [6, 6.07) is 11.2. The molecule has 0 saturated heterocycles. The van der Waals surface area contributed by atoms with Crippen molar-refractivity contribution in [2.24, 2.45) is 0 Å². The van der Waals surface area contributed by atoms with E-state index in [1.807, 2.05) is 6.07 Å². The van der Waals surface area contributed by atoms with Gasteiger partial charge in [0.2, 0.25) is 10.0 Å². The van der Waals surface area contributed by atoms with Crippen LogP contribution in [-0.4, -0.2) is 45.4 Å². The first-order chi connectivity index (χ1) is 13.9. The van der Waals surface area contributed by atoms with E-state index in [0.717, 1.165) is 5.56 Å². The van der Waals surface area contributed by atoms with Crippen LogP contribution in [0.4, 0.5) is 0 Å². The number of fused-ring (bicyclic) bond motifs is 3. The van der Waals surface area contributed by atoms with Gasteiger partial charge in [0, 0.05) is 23.6 Å². The number of carbonyl (C=O) groups is 1. The molecule has 3 atom stereocenters. The van der Waals surface area contributed by atoms with Gasteiger partial charge in [-0.15, -0.1) is 0 Å². The lowest BCUT2D eigenvalue weighted by Crippen LogP contribution is -2.37. The van der Waals surface area contributed by atoms with Gasteiger partial charge in [-0.1, -0.05) is 18.2 Å². The lowest BCUT2D eigenvalue weighted by molar-refractivity contribution is -0.139. The molecule has 1 heterocycles. The van der Waals surface area contributed by atoms with Crippen LogP contribution in [0.2, 0.25) is 0 Å². The Balaban J connectivity index is 1.58. The summed E-state index contributed by atoms with van der Waals surface area (Å²) in [6.45, 7) is -0.471. The summed E-state index contributed by atoms with van der Waals surface area (Å²) in [7, 11) is -2.26. The van der Waals surface area contributed by atoms with Gasteiger partial charge in [0.05, 0.1) is 12.0 Å². The molecule has 9 heteroatoms. The van der Waals surface area contributed by atoms with Crippen LogP contribution < -0.4 is 18.9 Å². The number of hydrogen-bond acceptors (Lipinski definition) is 6. The van der Waals surface area contributed by atoms with Crippen LogP contribution in [0.25, 0.3) is 0 Å². The molecule has 0 aromatic heterocycles. The summed E-state index contributed by atoms with van der Waals surface area (Å²) in [5, 5.41) is 8.85. The van der Waals surface area contributed by atoms with E-state index < -0.39 is 22.6 Å². The predicted octanol–water partition coefficient (Wildman–Crippen LogP) is 2.14. The van der Waals surface area contributed by atoms with Crippen LogP contribution in [0.5, 0.6) is 17.2 Å². The Hall–Kier alpha value is -2.78. The van der Waals surface area contributed by atoms with Crippen molar-refractivity contribution < 1.29 is 32.5 Å². The molecule has 3 unspecified atom stereocenters. The Kier molecular flexibility index (Phi) is 5.10. The van der Waals surface area contributed by atoms with E-state index in [0.29, 0.717) is 30.1 Å². The molecule has 1 fully saturated rings. The van der Waals surface area contributed by atoms with Gasteiger partial charge in [-0.25, -0.2) is 17.9 Å². The molecule has 0 bridgehead atoms. The average Bonchev–Trinajstić information content (AvgIpc) is 3.26. The highest BCUT2D eigenvalue weighted by molar-refractivity contribution is 7.89. The molecule has 2 aliphatic rings. The Morgan fingerprint density at radius 2 is 2.03 bits per heavy atom. The number of nitrogens with one attached hydrogen (secondary N) is 1. The van der Waals surface area contributed by atoms with Crippen LogP contribution in [0.3, 0.4) is 0 Å². The fraction of sp³-hybridized carbons (Fsp3) is 0.350. The lowest BCUT2D eigenvalue weighted by atomic mass is 9.94. The third-order valence-corrected chi connectivity index (χ3v) is 6.73. The van der Waals surface area contributed by atoms with Crippen LogP contribution in [0.15, 0.2) is 47.4 Å². The van der Waals surface area contributed by atoms with Crippen molar-refractivity contribution in [3.8, 4) is 17.2 Å². The van der Waals surface area contributed by atoms with E-state index in [9.17, 15) is 13.2 Å². The van der Waals surface area contributed by atoms with Crippen molar-refractivity contribution in [3.63, 3.8) is 0 Å². The molecular weight excluding hydrogens is 398 g/mol. The minimum Gasteiger partial charge on any atom is -0.497 e. The number of ether oxygens (including phenoxy) is 3. The second-order valence-corrected chi connectivity index (χ2v) is 8.74. The van der Waals surface area contributed by atoms with Gasteiger partial charge in [-0.2, -0.15) is 0 Å². The molecule has 2 aromatic rings. The lowest BCUT2D eigenvalue weighted by Gasteiger charge is -2.20. The number of sulfonamides is 1. The van der Waals surface area contributed by atoms with Gasteiger partial charge in [0.15, 0.2) is 18.1 Å². The minimum atomic E-state index is -3.74.